The number of sulfonamides is 1. The summed E-state index contributed by atoms with van der Waals surface area (Å²) in [5.41, 5.74) is -4.49. The third-order valence-corrected chi connectivity index (χ3v) is 6.19. The molecule has 1 aliphatic heterocycles. The van der Waals surface area contributed by atoms with Gasteiger partial charge in [0, 0.05) is 31.6 Å². The van der Waals surface area contributed by atoms with Crippen molar-refractivity contribution < 1.29 is 26.0 Å². The molecule has 0 amide bonds. The van der Waals surface area contributed by atoms with Crippen molar-refractivity contribution in [3.63, 3.8) is 0 Å². The van der Waals surface area contributed by atoms with Crippen LogP contribution in [0.25, 0.3) is 11.0 Å². The van der Waals surface area contributed by atoms with Gasteiger partial charge in [0.1, 0.15) is 11.3 Å². The maximum atomic E-state index is 12.6. The Morgan fingerprint density at radius 3 is 2.57 bits per heavy atom. The summed E-state index contributed by atoms with van der Waals surface area (Å²) in [6.07, 6.45) is 0.501. The normalized spacial score (nSPS) is 17.8. The van der Waals surface area contributed by atoms with Gasteiger partial charge in [0.2, 0.25) is 0 Å². The second-order valence-electron chi connectivity index (χ2n) is 6.44. The molecule has 0 bridgehead atoms. The molecule has 2 aromatic rings. The second kappa shape index (κ2) is 8.00. The summed E-state index contributed by atoms with van der Waals surface area (Å²) in [5.74, 6) is 1.19. The number of nitrogens with zero attached hydrogens (tertiary/aromatic N) is 2. The summed E-state index contributed by atoms with van der Waals surface area (Å²) in [6.45, 7) is -0.00416. The van der Waals surface area contributed by atoms with Crippen LogP contribution in [0.3, 0.4) is 0 Å². The van der Waals surface area contributed by atoms with E-state index in [1.165, 1.54) is 0 Å². The molecule has 1 aliphatic rings. The minimum atomic E-state index is -5.27. The minimum absolute atomic E-state index is 0.179. The number of para-hydroxylation sites is 1. The van der Waals surface area contributed by atoms with Gasteiger partial charge in [-0.15, -0.1) is 0 Å². The molecular formula is C17H21F3N4O3S. The topological polar surface area (TPSA) is 86.9 Å². The van der Waals surface area contributed by atoms with Crippen molar-refractivity contribution in [1.29, 1.82) is 0 Å². The van der Waals surface area contributed by atoms with E-state index in [0.29, 0.717) is 16.8 Å². The predicted molar refractivity (Wildman–Crippen MR) is 99.1 cm³/mol. The highest BCUT2D eigenvalue weighted by Gasteiger charge is 2.50. The van der Waals surface area contributed by atoms with Crippen molar-refractivity contribution in [3.8, 4) is 0 Å². The molecule has 154 valence electrons. The number of fused-ring (bicyclic) bond motifs is 1. The van der Waals surface area contributed by atoms with Crippen molar-refractivity contribution in [3.05, 3.63) is 36.1 Å². The maximum absolute atomic E-state index is 12.6. The number of furan rings is 1. The van der Waals surface area contributed by atoms with Gasteiger partial charge in [-0.2, -0.15) is 17.5 Å². The molecule has 3 rings (SSSR count). The van der Waals surface area contributed by atoms with Crippen LogP contribution in [-0.4, -0.2) is 50.4 Å². The number of benzene rings is 1. The Bertz CT molecular complexity index is 915. The van der Waals surface area contributed by atoms with Crippen LogP contribution in [0.4, 0.5) is 13.2 Å². The molecule has 0 atom stereocenters. The minimum Gasteiger partial charge on any atom is -0.459 e. The average molecular weight is 418 g/mol. The Labute approximate surface area is 160 Å². The predicted octanol–water partition coefficient (Wildman–Crippen LogP) is 2.41. The summed E-state index contributed by atoms with van der Waals surface area (Å²) in [7, 11) is -3.69. The van der Waals surface area contributed by atoms with Crippen molar-refractivity contribution in [1.82, 2.24) is 14.9 Å². The lowest BCUT2D eigenvalue weighted by atomic mass is 10.1. The lowest BCUT2D eigenvalue weighted by Crippen LogP contribution is -2.51. The lowest BCUT2D eigenvalue weighted by Gasteiger charge is -2.32. The fourth-order valence-corrected chi connectivity index (χ4v) is 4.05. The van der Waals surface area contributed by atoms with Crippen LogP contribution in [0.1, 0.15) is 18.6 Å². The Morgan fingerprint density at radius 2 is 1.96 bits per heavy atom. The molecule has 11 heteroatoms. The standard InChI is InChI=1S/C17H21F3N4O3S/c1-21-16(22-11-14-10-12-4-2-3-5-15(12)27-14)23-13-6-8-24(9-7-13)28(25,26)17(18,19)20/h2-5,10,13H,6-9,11H2,1H3,(H2,21,22,23). The SMILES string of the molecule is CN=C(NCc1cc2ccccc2o1)NC1CCN(S(=O)(=O)C(F)(F)F)CC1. The zero-order chi connectivity index (χ0) is 20.4. The Morgan fingerprint density at radius 1 is 1.29 bits per heavy atom. The van der Waals surface area contributed by atoms with E-state index in [4.69, 9.17) is 4.42 Å². The van der Waals surface area contributed by atoms with Gasteiger partial charge in [-0.25, -0.2) is 8.42 Å². The first-order chi connectivity index (χ1) is 13.2. The smallest absolute Gasteiger partial charge is 0.459 e. The molecule has 7 nitrogen and oxygen atoms in total. The van der Waals surface area contributed by atoms with Crippen LogP contribution in [-0.2, 0) is 16.6 Å². The van der Waals surface area contributed by atoms with Crippen LogP contribution in [0.5, 0.6) is 0 Å². The maximum Gasteiger partial charge on any atom is 0.511 e. The summed E-state index contributed by atoms with van der Waals surface area (Å²) >= 11 is 0. The highest BCUT2D eigenvalue weighted by atomic mass is 32.2. The van der Waals surface area contributed by atoms with Gasteiger partial charge in [0.15, 0.2) is 5.96 Å². The molecule has 0 saturated carbocycles. The molecule has 0 radical (unpaired) electrons. The second-order valence-corrected chi connectivity index (χ2v) is 8.37. The number of hydrogen-bond acceptors (Lipinski definition) is 4. The molecule has 2 heterocycles. The number of guanidine groups is 1. The monoisotopic (exact) mass is 418 g/mol. The quantitative estimate of drug-likeness (QED) is 0.588. The molecule has 1 aromatic heterocycles. The Kier molecular flexibility index (Phi) is 5.84. The van der Waals surface area contributed by atoms with Crippen LogP contribution >= 0.6 is 0 Å². The highest BCUT2D eigenvalue weighted by molar-refractivity contribution is 7.90. The first-order valence-electron chi connectivity index (χ1n) is 8.72. The summed E-state index contributed by atoms with van der Waals surface area (Å²) in [4.78, 5) is 4.10. The van der Waals surface area contributed by atoms with Gasteiger partial charge < -0.3 is 15.1 Å². The van der Waals surface area contributed by atoms with E-state index < -0.39 is 15.5 Å². The van der Waals surface area contributed by atoms with Gasteiger partial charge in [0.25, 0.3) is 0 Å². The molecule has 1 saturated heterocycles. The van der Waals surface area contributed by atoms with Crippen LogP contribution in [0.15, 0.2) is 39.7 Å². The highest BCUT2D eigenvalue weighted by Crippen LogP contribution is 2.29. The fraction of sp³-hybridized carbons (Fsp3) is 0.471. The third kappa shape index (κ3) is 4.41. The molecule has 0 unspecified atom stereocenters. The third-order valence-electron chi connectivity index (χ3n) is 4.56. The van der Waals surface area contributed by atoms with Gasteiger partial charge in [-0.3, -0.25) is 4.99 Å². The van der Waals surface area contributed by atoms with Crippen LogP contribution in [0.2, 0.25) is 0 Å². The zero-order valence-corrected chi connectivity index (χ0v) is 16.0. The van der Waals surface area contributed by atoms with Gasteiger partial charge >= 0.3 is 15.5 Å². The van der Waals surface area contributed by atoms with Gasteiger partial charge in [0.05, 0.1) is 6.54 Å². The molecule has 0 spiro atoms. The molecular weight excluding hydrogens is 397 g/mol. The van der Waals surface area contributed by atoms with E-state index in [2.05, 4.69) is 15.6 Å². The van der Waals surface area contributed by atoms with E-state index in [0.717, 1.165) is 16.7 Å². The number of alkyl halides is 3. The molecule has 2 N–H and O–H groups in total. The van der Waals surface area contributed by atoms with E-state index in [9.17, 15) is 21.6 Å². The number of piperidine rings is 1. The van der Waals surface area contributed by atoms with Crippen molar-refractivity contribution >= 4 is 27.0 Å². The largest absolute Gasteiger partial charge is 0.511 e. The molecule has 0 aliphatic carbocycles. The van der Waals surface area contributed by atoms with Crippen molar-refractivity contribution in [2.75, 3.05) is 20.1 Å². The number of rotatable bonds is 4. The summed E-state index contributed by atoms with van der Waals surface area (Å²) in [5, 5.41) is 7.19. The number of hydrogen-bond donors (Lipinski definition) is 2. The van der Waals surface area contributed by atoms with E-state index >= 15 is 0 Å². The van der Waals surface area contributed by atoms with Crippen molar-refractivity contribution in [2.45, 2.75) is 30.9 Å². The number of nitrogens with one attached hydrogen (secondary N) is 2. The first-order valence-corrected chi connectivity index (χ1v) is 10.2. The van der Waals surface area contributed by atoms with Crippen LogP contribution < -0.4 is 10.6 Å². The van der Waals surface area contributed by atoms with Crippen LogP contribution in [0, 0.1) is 0 Å². The van der Waals surface area contributed by atoms with E-state index in [1.54, 1.807) is 7.05 Å². The van der Waals surface area contributed by atoms with Gasteiger partial charge in [-0.1, -0.05) is 18.2 Å². The lowest BCUT2D eigenvalue weighted by molar-refractivity contribution is -0.0494. The van der Waals surface area contributed by atoms with E-state index in [1.807, 2.05) is 30.3 Å². The molecule has 28 heavy (non-hydrogen) atoms. The van der Waals surface area contributed by atoms with Gasteiger partial charge in [-0.05, 0) is 25.0 Å². The number of halogens is 3. The first kappa shape index (κ1) is 20.5. The number of aliphatic imine (C=N–C) groups is 1. The fourth-order valence-electron chi connectivity index (χ4n) is 3.07. The Hall–Kier alpha value is -2.27. The zero-order valence-electron chi connectivity index (χ0n) is 15.2. The van der Waals surface area contributed by atoms with Crippen molar-refractivity contribution in [2.24, 2.45) is 4.99 Å². The van der Waals surface area contributed by atoms with E-state index in [-0.39, 0.29) is 32.0 Å². The molecule has 1 fully saturated rings. The summed E-state index contributed by atoms with van der Waals surface area (Å²) < 4.78 is 67.0. The molecule has 1 aromatic carbocycles. The summed E-state index contributed by atoms with van der Waals surface area (Å²) in [6, 6.07) is 9.35. The Balaban J connectivity index is 1.52. The average Bonchev–Trinajstić information content (AvgIpc) is 3.07.